The number of nitrogens with one attached hydrogen (secondary N) is 2. The van der Waals surface area contributed by atoms with Gasteiger partial charge in [0.2, 0.25) is 0 Å². The fraction of sp³-hybridized carbons (Fsp3) is 0.350. The van der Waals surface area contributed by atoms with Crippen LogP contribution in [-0.4, -0.2) is 5.11 Å². The van der Waals surface area contributed by atoms with Crippen molar-refractivity contribution in [3.63, 3.8) is 0 Å². The minimum absolute atomic E-state index is 0.196. The molecule has 2 N–H and O–H groups in total. The number of anilines is 1. The summed E-state index contributed by atoms with van der Waals surface area (Å²) in [5.41, 5.74) is 6.06. The molecule has 23 heavy (non-hydrogen) atoms. The second-order valence-electron chi connectivity index (χ2n) is 6.50. The van der Waals surface area contributed by atoms with Gasteiger partial charge in [-0.3, -0.25) is 0 Å². The average molecular weight is 327 g/mol. The predicted molar refractivity (Wildman–Crippen MR) is 104 cm³/mol. The lowest BCUT2D eigenvalue weighted by molar-refractivity contribution is 0.471. The smallest absolute Gasteiger partial charge is 0.171 e. The molecule has 2 aromatic carbocycles. The highest BCUT2D eigenvalue weighted by atomic mass is 32.1. The van der Waals surface area contributed by atoms with E-state index in [1.54, 1.807) is 0 Å². The Morgan fingerprint density at radius 2 is 1.65 bits per heavy atom. The van der Waals surface area contributed by atoms with Crippen molar-refractivity contribution in [2.75, 3.05) is 5.32 Å². The second kappa shape index (κ2) is 7.60. The summed E-state index contributed by atoms with van der Waals surface area (Å²) >= 11 is 5.56. The van der Waals surface area contributed by atoms with E-state index in [9.17, 15) is 0 Å². The predicted octanol–water partition coefficient (Wildman–Crippen LogP) is 5.30. The molecule has 2 rings (SSSR count). The van der Waals surface area contributed by atoms with Crippen LogP contribution in [0.2, 0.25) is 0 Å². The van der Waals surface area contributed by atoms with E-state index in [1.807, 2.05) is 0 Å². The van der Waals surface area contributed by atoms with Gasteiger partial charge in [0.05, 0.1) is 6.04 Å². The lowest BCUT2D eigenvalue weighted by Crippen LogP contribution is -2.35. The zero-order chi connectivity index (χ0) is 17.0. The van der Waals surface area contributed by atoms with Crippen LogP contribution >= 0.6 is 12.2 Å². The molecule has 0 fully saturated rings. The molecule has 0 bridgehead atoms. The first-order valence-corrected chi connectivity index (χ1v) is 8.49. The molecule has 0 heterocycles. The number of hydrogen-bond acceptors (Lipinski definition) is 1. The Kier molecular flexibility index (Phi) is 5.78. The van der Waals surface area contributed by atoms with Crippen LogP contribution in [0, 0.1) is 26.7 Å². The quantitative estimate of drug-likeness (QED) is 0.746. The molecule has 0 aliphatic heterocycles. The molecule has 1 atom stereocenters. The molecule has 2 nitrogen and oxygen atoms in total. The van der Waals surface area contributed by atoms with Gasteiger partial charge in [-0.1, -0.05) is 50.2 Å². The van der Waals surface area contributed by atoms with Crippen molar-refractivity contribution in [2.45, 2.75) is 40.7 Å². The van der Waals surface area contributed by atoms with E-state index in [4.69, 9.17) is 12.2 Å². The average Bonchev–Trinajstić information content (AvgIpc) is 2.49. The summed E-state index contributed by atoms with van der Waals surface area (Å²) in [5.74, 6) is 0.439. The van der Waals surface area contributed by atoms with Crippen LogP contribution < -0.4 is 10.6 Å². The van der Waals surface area contributed by atoms with Gasteiger partial charge in [0.1, 0.15) is 0 Å². The maximum Gasteiger partial charge on any atom is 0.171 e. The standard InChI is InChI=1S/C20H26N2S/c1-13(2)19(17-9-7-6-8-15(17)4)22-20(23)21-18-12-14(3)10-11-16(18)5/h6-13,19H,1-5H3,(H2,21,22,23). The minimum atomic E-state index is 0.196. The SMILES string of the molecule is Cc1ccc(C)c(NC(=S)NC(c2ccccc2C)C(C)C)c1. The summed E-state index contributed by atoms with van der Waals surface area (Å²) in [4.78, 5) is 0. The summed E-state index contributed by atoms with van der Waals surface area (Å²) < 4.78 is 0. The van der Waals surface area contributed by atoms with Crippen molar-refractivity contribution in [2.24, 2.45) is 5.92 Å². The van der Waals surface area contributed by atoms with Crippen molar-refractivity contribution < 1.29 is 0 Å². The zero-order valence-corrected chi connectivity index (χ0v) is 15.4. The van der Waals surface area contributed by atoms with Gasteiger partial charge in [-0.05, 0) is 67.2 Å². The molecular weight excluding hydrogens is 300 g/mol. The Hall–Kier alpha value is -1.87. The maximum absolute atomic E-state index is 5.56. The normalized spacial score (nSPS) is 12.1. The molecule has 0 aliphatic carbocycles. The van der Waals surface area contributed by atoms with Gasteiger partial charge in [-0.15, -0.1) is 0 Å². The Morgan fingerprint density at radius 1 is 0.957 bits per heavy atom. The largest absolute Gasteiger partial charge is 0.355 e. The van der Waals surface area contributed by atoms with Crippen LogP contribution in [0.15, 0.2) is 42.5 Å². The lowest BCUT2D eigenvalue weighted by Gasteiger charge is -2.26. The monoisotopic (exact) mass is 326 g/mol. The topological polar surface area (TPSA) is 24.1 Å². The highest BCUT2D eigenvalue weighted by Gasteiger charge is 2.18. The zero-order valence-electron chi connectivity index (χ0n) is 14.6. The van der Waals surface area contributed by atoms with E-state index >= 15 is 0 Å². The molecule has 0 radical (unpaired) electrons. The van der Waals surface area contributed by atoms with Crippen LogP contribution in [-0.2, 0) is 0 Å². The van der Waals surface area contributed by atoms with Gasteiger partial charge in [0.15, 0.2) is 5.11 Å². The molecule has 0 aliphatic rings. The van der Waals surface area contributed by atoms with E-state index in [2.05, 4.69) is 87.7 Å². The first kappa shape index (κ1) is 17.5. The van der Waals surface area contributed by atoms with E-state index in [-0.39, 0.29) is 6.04 Å². The van der Waals surface area contributed by atoms with Gasteiger partial charge in [0, 0.05) is 5.69 Å². The molecule has 3 heteroatoms. The molecule has 122 valence electrons. The number of aryl methyl sites for hydroxylation is 3. The van der Waals surface area contributed by atoms with E-state index in [0.29, 0.717) is 11.0 Å². The van der Waals surface area contributed by atoms with Crippen LogP contribution in [0.4, 0.5) is 5.69 Å². The van der Waals surface area contributed by atoms with Crippen LogP contribution in [0.3, 0.4) is 0 Å². The van der Waals surface area contributed by atoms with Crippen LogP contribution in [0.5, 0.6) is 0 Å². The Bertz CT molecular complexity index is 692. The van der Waals surface area contributed by atoms with Gasteiger partial charge < -0.3 is 10.6 Å². The number of benzene rings is 2. The maximum atomic E-state index is 5.56. The Labute approximate surface area is 145 Å². The summed E-state index contributed by atoms with van der Waals surface area (Å²) in [7, 11) is 0. The first-order valence-electron chi connectivity index (χ1n) is 8.08. The molecule has 1 unspecified atom stereocenters. The van der Waals surface area contributed by atoms with E-state index in [0.717, 1.165) is 5.69 Å². The summed E-state index contributed by atoms with van der Waals surface area (Å²) in [6, 6.07) is 15.0. The molecule has 0 amide bonds. The molecular formula is C20H26N2S. The van der Waals surface area contributed by atoms with Gasteiger partial charge in [-0.25, -0.2) is 0 Å². The summed E-state index contributed by atoms with van der Waals surface area (Å²) in [6.45, 7) is 10.7. The minimum Gasteiger partial charge on any atom is -0.355 e. The van der Waals surface area contributed by atoms with E-state index in [1.165, 1.54) is 22.3 Å². The van der Waals surface area contributed by atoms with Gasteiger partial charge >= 0.3 is 0 Å². The third kappa shape index (κ3) is 4.55. The first-order chi connectivity index (χ1) is 10.9. The van der Waals surface area contributed by atoms with Gasteiger partial charge in [-0.2, -0.15) is 0 Å². The highest BCUT2D eigenvalue weighted by molar-refractivity contribution is 7.80. The van der Waals surface area contributed by atoms with E-state index < -0.39 is 0 Å². The molecule has 0 saturated heterocycles. The molecule has 0 spiro atoms. The van der Waals surface area contributed by atoms with Crippen LogP contribution in [0.25, 0.3) is 0 Å². The number of hydrogen-bond donors (Lipinski definition) is 2. The fourth-order valence-corrected chi connectivity index (χ4v) is 2.95. The summed E-state index contributed by atoms with van der Waals surface area (Å²) in [6.07, 6.45) is 0. The van der Waals surface area contributed by atoms with Gasteiger partial charge in [0.25, 0.3) is 0 Å². The number of thiocarbonyl (C=S) groups is 1. The molecule has 0 aromatic heterocycles. The highest BCUT2D eigenvalue weighted by Crippen LogP contribution is 2.25. The Morgan fingerprint density at radius 3 is 2.30 bits per heavy atom. The van der Waals surface area contributed by atoms with Crippen molar-refractivity contribution >= 4 is 23.0 Å². The summed E-state index contributed by atoms with van der Waals surface area (Å²) in [5, 5.41) is 7.50. The van der Waals surface area contributed by atoms with Crippen molar-refractivity contribution in [3.05, 3.63) is 64.7 Å². The van der Waals surface area contributed by atoms with Crippen LogP contribution in [0.1, 0.15) is 42.1 Å². The van der Waals surface area contributed by atoms with Crippen molar-refractivity contribution in [3.8, 4) is 0 Å². The second-order valence-corrected chi connectivity index (χ2v) is 6.90. The number of rotatable bonds is 4. The third-order valence-electron chi connectivity index (χ3n) is 4.12. The van der Waals surface area contributed by atoms with Crippen molar-refractivity contribution in [1.82, 2.24) is 5.32 Å². The molecule has 0 saturated carbocycles. The third-order valence-corrected chi connectivity index (χ3v) is 4.34. The Balaban J connectivity index is 2.16. The molecule has 2 aromatic rings. The lowest BCUT2D eigenvalue weighted by atomic mass is 9.93. The fourth-order valence-electron chi connectivity index (χ4n) is 2.71. The van der Waals surface area contributed by atoms with Crippen molar-refractivity contribution in [1.29, 1.82) is 0 Å².